The molecule has 3 heteroatoms. The van der Waals surface area contributed by atoms with Crippen LogP contribution in [0.2, 0.25) is 0 Å². The highest BCUT2D eigenvalue weighted by molar-refractivity contribution is 5.52. The lowest BCUT2D eigenvalue weighted by molar-refractivity contribution is 0.135. The smallest absolute Gasteiger partial charge is 0.0488 e. The predicted molar refractivity (Wildman–Crippen MR) is 86.3 cm³/mol. The summed E-state index contributed by atoms with van der Waals surface area (Å²) >= 11 is 0. The van der Waals surface area contributed by atoms with Gasteiger partial charge in [0.25, 0.3) is 0 Å². The van der Waals surface area contributed by atoms with Gasteiger partial charge in [0.05, 0.1) is 0 Å². The second-order valence-corrected chi connectivity index (χ2v) is 5.61. The summed E-state index contributed by atoms with van der Waals surface area (Å²) in [5, 5.41) is 6.51. The van der Waals surface area contributed by atoms with Crippen molar-refractivity contribution >= 4 is 6.21 Å². The van der Waals surface area contributed by atoms with Crippen LogP contribution in [-0.4, -0.2) is 48.8 Å². The van der Waals surface area contributed by atoms with Gasteiger partial charge in [0.2, 0.25) is 0 Å². The van der Waals surface area contributed by atoms with Crippen LogP contribution in [0.5, 0.6) is 0 Å². The molecule has 1 saturated heterocycles. The summed E-state index contributed by atoms with van der Waals surface area (Å²) in [4.78, 5) is 2.57. The van der Waals surface area contributed by atoms with Crippen molar-refractivity contribution in [2.45, 2.75) is 33.1 Å². The van der Waals surface area contributed by atoms with Gasteiger partial charge in [0.1, 0.15) is 0 Å². The molecule has 1 aromatic carbocycles. The van der Waals surface area contributed by atoms with E-state index in [1.165, 1.54) is 36.9 Å². The van der Waals surface area contributed by atoms with E-state index >= 15 is 0 Å². The molecule has 0 aliphatic carbocycles. The lowest BCUT2D eigenvalue weighted by Gasteiger charge is -2.32. The van der Waals surface area contributed by atoms with E-state index < -0.39 is 0 Å². The first-order chi connectivity index (χ1) is 9.78. The Morgan fingerprint density at radius 1 is 1.05 bits per heavy atom. The Labute approximate surface area is 123 Å². The quantitative estimate of drug-likeness (QED) is 0.586. The van der Waals surface area contributed by atoms with Gasteiger partial charge < -0.3 is 0 Å². The maximum Gasteiger partial charge on any atom is 0.0488 e. The Kier molecular flexibility index (Phi) is 6.06. The van der Waals surface area contributed by atoms with Crippen LogP contribution in [0.15, 0.2) is 29.4 Å². The Hall–Kier alpha value is -1.35. The summed E-state index contributed by atoms with van der Waals surface area (Å²) in [6.45, 7) is 9.81. The van der Waals surface area contributed by atoms with Crippen LogP contribution in [0.1, 0.15) is 30.9 Å². The molecule has 0 saturated carbocycles. The SMILES string of the molecule is C/C=N/N1CCN(CCCCc2ccc(C)cc2)CC1. The van der Waals surface area contributed by atoms with Gasteiger partial charge in [-0.1, -0.05) is 29.8 Å². The van der Waals surface area contributed by atoms with Gasteiger partial charge in [-0.3, -0.25) is 9.91 Å². The number of nitrogens with zero attached hydrogens (tertiary/aromatic N) is 3. The molecule has 110 valence electrons. The Bertz CT molecular complexity index is 403. The molecular formula is C17H27N3. The van der Waals surface area contributed by atoms with Crippen LogP contribution in [0.4, 0.5) is 0 Å². The lowest BCUT2D eigenvalue weighted by atomic mass is 10.1. The first-order valence-electron chi connectivity index (χ1n) is 7.79. The average Bonchev–Trinajstić information content (AvgIpc) is 2.47. The molecule has 0 amide bonds. The van der Waals surface area contributed by atoms with Crippen LogP contribution in [-0.2, 0) is 6.42 Å². The second-order valence-electron chi connectivity index (χ2n) is 5.61. The molecule has 3 nitrogen and oxygen atoms in total. The van der Waals surface area contributed by atoms with Gasteiger partial charge in [0.15, 0.2) is 0 Å². The van der Waals surface area contributed by atoms with E-state index in [1.54, 1.807) is 0 Å². The molecule has 1 aromatic rings. The Morgan fingerprint density at radius 2 is 1.75 bits per heavy atom. The topological polar surface area (TPSA) is 18.8 Å². The number of unbranched alkanes of at least 4 members (excludes halogenated alkanes) is 1. The van der Waals surface area contributed by atoms with Crippen molar-refractivity contribution in [3.63, 3.8) is 0 Å². The minimum absolute atomic E-state index is 1.07. The molecule has 0 atom stereocenters. The largest absolute Gasteiger partial charge is 0.300 e. The summed E-state index contributed by atoms with van der Waals surface area (Å²) in [6.07, 6.45) is 5.68. The zero-order valence-corrected chi connectivity index (χ0v) is 12.9. The van der Waals surface area contributed by atoms with Crippen LogP contribution in [0.3, 0.4) is 0 Å². The van der Waals surface area contributed by atoms with E-state index in [-0.39, 0.29) is 0 Å². The molecule has 0 spiro atoms. The minimum Gasteiger partial charge on any atom is -0.300 e. The van der Waals surface area contributed by atoms with E-state index in [0.29, 0.717) is 0 Å². The summed E-state index contributed by atoms with van der Waals surface area (Å²) in [5.74, 6) is 0. The van der Waals surface area contributed by atoms with Gasteiger partial charge in [0, 0.05) is 32.4 Å². The Balaban J connectivity index is 1.59. The van der Waals surface area contributed by atoms with Crippen molar-refractivity contribution in [1.29, 1.82) is 0 Å². The van der Waals surface area contributed by atoms with Crippen LogP contribution >= 0.6 is 0 Å². The lowest BCUT2D eigenvalue weighted by Crippen LogP contribution is -2.44. The summed E-state index contributed by atoms with van der Waals surface area (Å²) in [5.41, 5.74) is 2.82. The van der Waals surface area contributed by atoms with Gasteiger partial charge in [-0.2, -0.15) is 5.10 Å². The monoisotopic (exact) mass is 273 g/mol. The maximum atomic E-state index is 4.34. The first kappa shape index (κ1) is 15.0. The van der Waals surface area contributed by atoms with Gasteiger partial charge in [-0.15, -0.1) is 0 Å². The Morgan fingerprint density at radius 3 is 2.40 bits per heavy atom. The van der Waals surface area contributed by atoms with E-state index in [1.807, 2.05) is 13.1 Å². The van der Waals surface area contributed by atoms with Crippen LogP contribution < -0.4 is 0 Å². The number of benzene rings is 1. The molecule has 20 heavy (non-hydrogen) atoms. The van der Waals surface area contributed by atoms with Crippen LogP contribution in [0, 0.1) is 6.92 Å². The van der Waals surface area contributed by atoms with Gasteiger partial charge in [-0.05, 0) is 45.2 Å². The van der Waals surface area contributed by atoms with Gasteiger partial charge in [-0.25, -0.2) is 0 Å². The molecule has 1 fully saturated rings. The molecule has 0 bridgehead atoms. The highest BCUT2D eigenvalue weighted by atomic mass is 15.5. The zero-order valence-electron chi connectivity index (χ0n) is 12.9. The normalized spacial score (nSPS) is 17.0. The minimum atomic E-state index is 1.07. The third-order valence-corrected chi connectivity index (χ3v) is 3.94. The van der Waals surface area contributed by atoms with E-state index in [4.69, 9.17) is 0 Å². The number of hydrogen-bond donors (Lipinski definition) is 0. The molecule has 1 heterocycles. The van der Waals surface area contributed by atoms with Crippen molar-refractivity contribution in [1.82, 2.24) is 9.91 Å². The van der Waals surface area contributed by atoms with Crippen molar-refractivity contribution in [3.8, 4) is 0 Å². The second kappa shape index (κ2) is 8.05. The van der Waals surface area contributed by atoms with Crippen LogP contribution in [0.25, 0.3) is 0 Å². The first-order valence-corrected chi connectivity index (χ1v) is 7.79. The fourth-order valence-corrected chi connectivity index (χ4v) is 2.66. The molecule has 0 radical (unpaired) electrons. The van der Waals surface area contributed by atoms with E-state index in [9.17, 15) is 0 Å². The molecule has 1 aliphatic heterocycles. The summed E-state index contributed by atoms with van der Waals surface area (Å²) in [7, 11) is 0. The number of hydrazone groups is 1. The molecular weight excluding hydrogens is 246 g/mol. The third-order valence-electron chi connectivity index (χ3n) is 3.94. The van der Waals surface area contributed by atoms with E-state index in [2.05, 4.69) is 46.2 Å². The molecule has 0 N–H and O–H groups in total. The zero-order chi connectivity index (χ0) is 14.2. The molecule has 0 aromatic heterocycles. The highest BCUT2D eigenvalue weighted by Crippen LogP contribution is 2.09. The highest BCUT2D eigenvalue weighted by Gasteiger charge is 2.14. The molecule has 1 aliphatic rings. The molecule has 2 rings (SSSR count). The summed E-state index contributed by atoms with van der Waals surface area (Å²) < 4.78 is 0. The number of aryl methyl sites for hydroxylation is 2. The van der Waals surface area contributed by atoms with Crippen molar-refractivity contribution < 1.29 is 0 Å². The van der Waals surface area contributed by atoms with Crippen molar-refractivity contribution in [3.05, 3.63) is 35.4 Å². The third kappa shape index (κ3) is 4.97. The predicted octanol–water partition coefficient (Wildman–Crippen LogP) is 2.94. The number of hydrogen-bond acceptors (Lipinski definition) is 3. The standard InChI is InChI=1S/C17H27N3/c1-3-18-20-14-12-19(13-15-20)11-5-4-6-17-9-7-16(2)8-10-17/h3,7-10H,4-6,11-15H2,1-2H3/b18-3+. The summed E-state index contributed by atoms with van der Waals surface area (Å²) in [6, 6.07) is 8.94. The fourth-order valence-electron chi connectivity index (χ4n) is 2.66. The van der Waals surface area contributed by atoms with E-state index in [0.717, 1.165) is 26.2 Å². The molecule has 0 unspecified atom stereocenters. The van der Waals surface area contributed by atoms with Gasteiger partial charge >= 0.3 is 0 Å². The van der Waals surface area contributed by atoms with Crippen molar-refractivity contribution in [2.75, 3.05) is 32.7 Å². The number of piperazine rings is 1. The van der Waals surface area contributed by atoms with Crippen molar-refractivity contribution in [2.24, 2.45) is 5.10 Å². The fraction of sp³-hybridized carbons (Fsp3) is 0.588. The average molecular weight is 273 g/mol. The maximum absolute atomic E-state index is 4.34. The number of rotatable bonds is 6.